The number of aryl methyl sites for hydroxylation is 1. The van der Waals surface area contributed by atoms with Gasteiger partial charge >= 0.3 is 0 Å². The molecule has 29 heavy (non-hydrogen) atoms. The van der Waals surface area contributed by atoms with Crippen LogP contribution in [0.25, 0.3) is 0 Å². The van der Waals surface area contributed by atoms with E-state index in [1.54, 1.807) is 6.20 Å². The van der Waals surface area contributed by atoms with Gasteiger partial charge in [-0.1, -0.05) is 17.7 Å². The van der Waals surface area contributed by atoms with E-state index >= 15 is 0 Å². The Balaban J connectivity index is 1.40. The summed E-state index contributed by atoms with van der Waals surface area (Å²) in [6, 6.07) is 12.3. The smallest absolute Gasteiger partial charge is 0.257 e. The van der Waals surface area contributed by atoms with Crippen molar-refractivity contribution < 1.29 is 9.90 Å². The minimum absolute atomic E-state index is 0.145. The molecule has 3 heterocycles. The van der Waals surface area contributed by atoms with Gasteiger partial charge in [-0.2, -0.15) is 0 Å². The Morgan fingerprint density at radius 2 is 1.86 bits per heavy atom. The molecule has 2 aromatic rings. The number of rotatable bonds is 6. The van der Waals surface area contributed by atoms with E-state index < -0.39 is 0 Å². The summed E-state index contributed by atoms with van der Waals surface area (Å²) in [4.78, 5) is 21.9. The van der Waals surface area contributed by atoms with Gasteiger partial charge in [0, 0.05) is 37.1 Å². The SMILES string of the molecule is Cc1ccc(NC(=O)c2ccc(N3CCCC3CN3CCCC3CO)nc2)cc1. The number of aliphatic hydroxyl groups excluding tert-OH is 1. The van der Waals surface area contributed by atoms with Gasteiger partial charge in [-0.15, -0.1) is 0 Å². The fourth-order valence-electron chi connectivity index (χ4n) is 4.47. The Labute approximate surface area is 172 Å². The van der Waals surface area contributed by atoms with Crippen LogP contribution in [0.4, 0.5) is 11.5 Å². The number of anilines is 2. The van der Waals surface area contributed by atoms with E-state index in [1.165, 1.54) is 6.42 Å². The predicted octanol–water partition coefficient (Wildman–Crippen LogP) is 3.07. The molecule has 0 saturated carbocycles. The summed E-state index contributed by atoms with van der Waals surface area (Å²) >= 11 is 0. The Morgan fingerprint density at radius 3 is 2.59 bits per heavy atom. The van der Waals surface area contributed by atoms with Crippen molar-refractivity contribution in [3.05, 3.63) is 53.7 Å². The molecule has 1 aromatic carbocycles. The maximum atomic E-state index is 12.5. The zero-order valence-corrected chi connectivity index (χ0v) is 17.1. The lowest BCUT2D eigenvalue weighted by atomic mass is 10.1. The molecule has 2 aliphatic heterocycles. The first-order valence-electron chi connectivity index (χ1n) is 10.6. The molecular weight excluding hydrogens is 364 g/mol. The predicted molar refractivity (Wildman–Crippen MR) is 115 cm³/mol. The first kappa shape index (κ1) is 19.9. The maximum absolute atomic E-state index is 12.5. The van der Waals surface area contributed by atoms with E-state index in [2.05, 4.69) is 20.1 Å². The van der Waals surface area contributed by atoms with Crippen molar-refractivity contribution in [1.29, 1.82) is 0 Å². The first-order valence-corrected chi connectivity index (χ1v) is 10.6. The first-order chi connectivity index (χ1) is 14.1. The van der Waals surface area contributed by atoms with E-state index in [1.807, 2.05) is 43.3 Å². The van der Waals surface area contributed by atoms with Gasteiger partial charge in [0.05, 0.1) is 12.2 Å². The monoisotopic (exact) mass is 394 g/mol. The van der Waals surface area contributed by atoms with E-state index in [-0.39, 0.29) is 12.5 Å². The summed E-state index contributed by atoms with van der Waals surface area (Å²) in [6.07, 6.45) is 6.22. The van der Waals surface area contributed by atoms with Crippen molar-refractivity contribution >= 4 is 17.4 Å². The van der Waals surface area contributed by atoms with Crippen LogP contribution in [0.15, 0.2) is 42.6 Å². The zero-order valence-electron chi connectivity index (χ0n) is 17.1. The van der Waals surface area contributed by atoms with Crippen LogP contribution in [0.3, 0.4) is 0 Å². The van der Waals surface area contributed by atoms with Crippen LogP contribution in [0.1, 0.15) is 41.6 Å². The molecule has 1 amide bonds. The molecule has 2 atom stereocenters. The third-order valence-electron chi connectivity index (χ3n) is 6.15. The van der Waals surface area contributed by atoms with Crippen molar-refractivity contribution in [2.75, 3.05) is 36.5 Å². The normalized spacial score (nSPS) is 22.2. The number of nitrogens with zero attached hydrogens (tertiary/aromatic N) is 3. The number of carbonyl (C=O) groups is 1. The van der Waals surface area contributed by atoms with Gasteiger partial charge < -0.3 is 15.3 Å². The largest absolute Gasteiger partial charge is 0.395 e. The molecule has 0 aliphatic carbocycles. The summed E-state index contributed by atoms with van der Waals surface area (Å²) in [5.74, 6) is 0.785. The number of pyridine rings is 1. The number of hydrogen-bond donors (Lipinski definition) is 2. The summed E-state index contributed by atoms with van der Waals surface area (Å²) < 4.78 is 0. The Hall–Kier alpha value is -2.44. The number of amides is 1. The molecule has 6 nitrogen and oxygen atoms in total. The summed E-state index contributed by atoms with van der Waals surface area (Å²) in [5.41, 5.74) is 2.51. The van der Waals surface area contributed by atoms with Gasteiger partial charge in [0.2, 0.25) is 0 Å². The molecule has 0 spiro atoms. The van der Waals surface area contributed by atoms with Crippen molar-refractivity contribution in [2.24, 2.45) is 0 Å². The number of hydrogen-bond acceptors (Lipinski definition) is 5. The Kier molecular flexibility index (Phi) is 6.11. The number of carbonyl (C=O) groups excluding carboxylic acids is 1. The highest BCUT2D eigenvalue weighted by molar-refractivity contribution is 6.04. The minimum Gasteiger partial charge on any atom is -0.395 e. The summed E-state index contributed by atoms with van der Waals surface area (Å²) in [7, 11) is 0. The van der Waals surface area contributed by atoms with E-state index in [4.69, 9.17) is 0 Å². The second-order valence-electron chi connectivity index (χ2n) is 8.19. The average Bonchev–Trinajstić information content (AvgIpc) is 3.39. The molecule has 2 saturated heterocycles. The topological polar surface area (TPSA) is 68.7 Å². The van der Waals surface area contributed by atoms with E-state index in [0.29, 0.717) is 17.6 Å². The Bertz CT molecular complexity index is 822. The van der Waals surface area contributed by atoms with Crippen molar-refractivity contribution in [3.8, 4) is 0 Å². The minimum atomic E-state index is -0.145. The van der Waals surface area contributed by atoms with Gasteiger partial charge in [0.1, 0.15) is 5.82 Å². The third kappa shape index (κ3) is 4.60. The third-order valence-corrected chi connectivity index (χ3v) is 6.15. The zero-order chi connectivity index (χ0) is 20.2. The van der Waals surface area contributed by atoms with Crippen LogP contribution in [0, 0.1) is 6.92 Å². The van der Waals surface area contributed by atoms with Crippen LogP contribution in [-0.4, -0.2) is 59.2 Å². The molecule has 4 rings (SSSR count). The molecule has 154 valence electrons. The molecule has 1 aromatic heterocycles. The van der Waals surface area contributed by atoms with Crippen molar-refractivity contribution in [3.63, 3.8) is 0 Å². The average molecular weight is 395 g/mol. The number of aromatic nitrogens is 1. The van der Waals surface area contributed by atoms with Crippen molar-refractivity contribution in [2.45, 2.75) is 44.7 Å². The fourth-order valence-corrected chi connectivity index (χ4v) is 4.47. The number of benzene rings is 1. The van der Waals surface area contributed by atoms with Crippen molar-refractivity contribution in [1.82, 2.24) is 9.88 Å². The van der Waals surface area contributed by atoms with Gasteiger partial charge in [-0.05, 0) is 63.4 Å². The molecular formula is C23H30N4O2. The molecule has 2 aliphatic rings. The second kappa shape index (κ2) is 8.93. The van der Waals surface area contributed by atoms with Crippen LogP contribution < -0.4 is 10.2 Å². The van der Waals surface area contributed by atoms with Gasteiger partial charge in [-0.25, -0.2) is 4.98 Å². The molecule has 2 unspecified atom stereocenters. The lowest BCUT2D eigenvalue weighted by molar-refractivity contribution is 0.102. The Morgan fingerprint density at radius 1 is 1.10 bits per heavy atom. The highest BCUT2D eigenvalue weighted by atomic mass is 16.3. The van der Waals surface area contributed by atoms with E-state index in [0.717, 1.165) is 56.0 Å². The van der Waals surface area contributed by atoms with Gasteiger partial charge in [0.25, 0.3) is 5.91 Å². The lowest BCUT2D eigenvalue weighted by Gasteiger charge is -2.32. The lowest BCUT2D eigenvalue weighted by Crippen LogP contribution is -2.43. The van der Waals surface area contributed by atoms with Crippen LogP contribution >= 0.6 is 0 Å². The summed E-state index contributed by atoms with van der Waals surface area (Å²) in [5, 5.41) is 12.5. The molecule has 2 N–H and O–H groups in total. The maximum Gasteiger partial charge on any atom is 0.257 e. The van der Waals surface area contributed by atoms with Crippen LogP contribution in [0.5, 0.6) is 0 Å². The highest BCUT2D eigenvalue weighted by Gasteiger charge is 2.31. The number of nitrogens with one attached hydrogen (secondary N) is 1. The number of aliphatic hydroxyl groups is 1. The molecule has 0 bridgehead atoms. The van der Waals surface area contributed by atoms with Crippen LogP contribution in [0.2, 0.25) is 0 Å². The molecule has 0 radical (unpaired) electrons. The van der Waals surface area contributed by atoms with Crippen LogP contribution in [-0.2, 0) is 0 Å². The van der Waals surface area contributed by atoms with Gasteiger partial charge in [-0.3, -0.25) is 9.69 Å². The number of likely N-dealkylation sites (tertiary alicyclic amines) is 1. The standard InChI is InChI=1S/C23H30N4O2/c1-17-6-9-19(10-7-17)25-23(29)18-8-11-22(24-14-18)27-13-3-4-20(27)15-26-12-2-5-21(26)16-28/h6-11,14,20-21,28H,2-5,12-13,15-16H2,1H3,(H,25,29). The molecule has 6 heteroatoms. The van der Waals surface area contributed by atoms with Gasteiger partial charge in [0.15, 0.2) is 0 Å². The quantitative estimate of drug-likeness (QED) is 0.788. The second-order valence-corrected chi connectivity index (χ2v) is 8.19. The molecule has 2 fully saturated rings. The summed E-state index contributed by atoms with van der Waals surface area (Å²) in [6.45, 7) is 5.30. The van der Waals surface area contributed by atoms with E-state index in [9.17, 15) is 9.90 Å². The fraction of sp³-hybridized carbons (Fsp3) is 0.478. The highest BCUT2D eigenvalue weighted by Crippen LogP contribution is 2.27.